The van der Waals surface area contributed by atoms with E-state index < -0.39 is 6.04 Å². The molecule has 1 N–H and O–H groups in total. The summed E-state index contributed by atoms with van der Waals surface area (Å²) in [7, 11) is 0. The number of nitrogens with zero attached hydrogens (tertiary/aromatic N) is 2. The summed E-state index contributed by atoms with van der Waals surface area (Å²) in [6.07, 6.45) is 16.7. The Kier molecular flexibility index (Phi) is 7.18. The van der Waals surface area contributed by atoms with Crippen LogP contribution in [0.2, 0.25) is 0 Å². The van der Waals surface area contributed by atoms with Gasteiger partial charge >= 0.3 is 0 Å². The molecule has 4 rings (SSSR count). The molecule has 1 unspecified atom stereocenters. The van der Waals surface area contributed by atoms with Crippen molar-refractivity contribution in [2.24, 2.45) is 0 Å². The molecular formula is C25H31N3O3. The van der Waals surface area contributed by atoms with Crippen molar-refractivity contribution in [1.82, 2.24) is 15.2 Å². The quantitative estimate of drug-likeness (QED) is 0.621. The van der Waals surface area contributed by atoms with Gasteiger partial charge in [-0.05, 0) is 74.8 Å². The first kappa shape index (κ1) is 21.3. The monoisotopic (exact) mass is 421 g/mol. The van der Waals surface area contributed by atoms with Crippen LogP contribution in [0.3, 0.4) is 0 Å². The molecular weight excluding hydrogens is 390 g/mol. The fraction of sp³-hybridized carbons (Fsp3) is 0.480. The van der Waals surface area contributed by atoms with Gasteiger partial charge in [0.05, 0.1) is 6.26 Å². The SMILES string of the molecule is O=C(NC1CCCC1)C(c1ccncc1)N(CCC1=CCCCC1)C(=O)c1ccco1. The topological polar surface area (TPSA) is 75.4 Å². The Hall–Kier alpha value is -2.89. The zero-order valence-corrected chi connectivity index (χ0v) is 18.0. The third-order valence-corrected chi connectivity index (χ3v) is 6.34. The van der Waals surface area contributed by atoms with Gasteiger partial charge in [-0.3, -0.25) is 14.6 Å². The summed E-state index contributed by atoms with van der Waals surface area (Å²) in [4.78, 5) is 32.7. The van der Waals surface area contributed by atoms with Crippen molar-refractivity contribution in [3.05, 3.63) is 65.9 Å². The second-order valence-corrected chi connectivity index (χ2v) is 8.51. The third-order valence-electron chi connectivity index (χ3n) is 6.34. The molecule has 1 saturated carbocycles. The number of carbonyl (C=O) groups is 2. The standard InChI is InChI=1S/C25H31N3O3/c29-24(27-21-9-4-5-10-21)23(20-12-15-26-16-13-20)28(25(30)22-11-6-18-31-22)17-14-19-7-2-1-3-8-19/h6-7,11-13,15-16,18,21,23H,1-5,8-10,14,17H2,(H,27,29). The molecule has 164 valence electrons. The molecule has 0 bridgehead atoms. The van der Waals surface area contributed by atoms with E-state index in [1.165, 1.54) is 24.7 Å². The molecule has 1 atom stereocenters. The first-order chi connectivity index (χ1) is 15.2. The Morgan fingerprint density at radius 3 is 2.61 bits per heavy atom. The maximum absolute atomic E-state index is 13.5. The lowest BCUT2D eigenvalue weighted by atomic mass is 9.96. The van der Waals surface area contributed by atoms with Crippen LogP contribution in [0.4, 0.5) is 0 Å². The molecule has 2 heterocycles. The lowest BCUT2D eigenvalue weighted by molar-refractivity contribution is -0.126. The van der Waals surface area contributed by atoms with Crippen LogP contribution in [0.5, 0.6) is 0 Å². The minimum Gasteiger partial charge on any atom is -0.459 e. The van der Waals surface area contributed by atoms with Crippen molar-refractivity contribution in [2.45, 2.75) is 69.9 Å². The Balaban J connectivity index is 1.63. The summed E-state index contributed by atoms with van der Waals surface area (Å²) >= 11 is 0. The molecule has 2 aromatic rings. The Bertz CT molecular complexity index is 886. The average Bonchev–Trinajstić information content (AvgIpc) is 3.52. The van der Waals surface area contributed by atoms with Gasteiger partial charge in [-0.25, -0.2) is 0 Å². The van der Waals surface area contributed by atoms with Gasteiger partial charge in [0.25, 0.3) is 5.91 Å². The molecule has 2 aromatic heterocycles. The fourth-order valence-corrected chi connectivity index (χ4v) is 4.65. The molecule has 2 amide bonds. The van der Waals surface area contributed by atoms with Gasteiger partial charge in [0.15, 0.2) is 5.76 Å². The van der Waals surface area contributed by atoms with Crippen LogP contribution < -0.4 is 5.32 Å². The number of pyridine rings is 1. The van der Waals surface area contributed by atoms with Crippen LogP contribution in [0.25, 0.3) is 0 Å². The van der Waals surface area contributed by atoms with Gasteiger partial charge in [-0.1, -0.05) is 24.5 Å². The summed E-state index contributed by atoms with van der Waals surface area (Å²) in [5.74, 6) is -0.134. The average molecular weight is 422 g/mol. The highest BCUT2D eigenvalue weighted by Crippen LogP contribution is 2.28. The van der Waals surface area contributed by atoms with E-state index in [1.54, 1.807) is 29.4 Å². The van der Waals surface area contributed by atoms with E-state index in [4.69, 9.17) is 4.42 Å². The number of rotatable bonds is 8. The number of hydrogen-bond acceptors (Lipinski definition) is 4. The van der Waals surface area contributed by atoms with E-state index in [0.717, 1.165) is 50.5 Å². The predicted molar refractivity (Wildman–Crippen MR) is 118 cm³/mol. The zero-order chi connectivity index (χ0) is 21.5. The maximum Gasteiger partial charge on any atom is 0.290 e. The van der Waals surface area contributed by atoms with E-state index in [0.29, 0.717) is 6.54 Å². The number of aromatic nitrogens is 1. The Morgan fingerprint density at radius 1 is 1.13 bits per heavy atom. The number of furan rings is 1. The van der Waals surface area contributed by atoms with Crippen molar-refractivity contribution in [3.63, 3.8) is 0 Å². The molecule has 6 heteroatoms. The molecule has 0 radical (unpaired) electrons. The van der Waals surface area contributed by atoms with Crippen LogP contribution in [0.1, 0.15) is 79.9 Å². The first-order valence-electron chi connectivity index (χ1n) is 11.4. The first-order valence-corrected chi connectivity index (χ1v) is 11.4. The number of hydrogen-bond donors (Lipinski definition) is 1. The number of allylic oxidation sites excluding steroid dienone is 1. The van der Waals surface area contributed by atoms with Gasteiger partial charge in [-0.15, -0.1) is 0 Å². The molecule has 2 aliphatic rings. The van der Waals surface area contributed by atoms with Gasteiger partial charge in [0.1, 0.15) is 6.04 Å². The largest absolute Gasteiger partial charge is 0.459 e. The number of carbonyl (C=O) groups excluding carboxylic acids is 2. The minimum atomic E-state index is -0.717. The molecule has 6 nitrogen and oxygen atoms in total. The van der Waals surface area contributed by atoms with Crippen molar-refractivity contribution in [1.29, 1.82) is 0 Å². The van der Waals surface area contributed by atoms with Gasteiger partial charge in [0, 0.05) is 25.0 Å². The lowest BCUT2D eigenvalue weighted by Crippen LogP contribution is -2.46. The Morgan fingerprint density at radius 2 is 1.94 bits per heavy atom. The lowest BCUT2D eigenvalue weighted by Gasteiger charge is -2.32. The highest BCUT2D eigenvalue weighted by Gasteiger charge is 2.34. The second kappa shape index (κ2) is 10.4. The van der Waals surface area contributed by atoms with Gasteiger partial charge in [-0.2, -0.15) is 0 Å². The van der Waals surface area contributed by atoms with Crippen molar-refractivity contribution < 1.29 is 14.0 Å². The van der Waals surface area contributed by atoms with E-state index >= 15 is 0 Å². The molecule has 0 saturated heterocycles. The highest BCUT2D eigenvalue weighted by molar-refractivity contribution is 5.96. The molecule has 0 aliphatic heterocycles. The van der Waals surface area contributed by atoms with E-state index in [1.807, 2.05) is 12.1 Å². The minimum absolute atomic E-state index is 0.129. The van der Waals surface area contributed by atoms with Crippen molar-refractivity contribution in [2.75, 3.05) is 6.54 Å². The van der Waals surface area contributed by atoms with Crippen LogP contribution >= 0.6 is 0 Å². The summed E-state index contributed by atoms with van der Waals surface area (Å²) in [6, 6.07) is 6.47. The van der Waals surface area contributed by atoms with Crippen LogP contribution in [-0.2, 0) is 4.79 Å². The van der Waals surface area contributed by atoms with Crippen LogP contribution in [-0.4, -0.2) is 34.3 Å². The Labute approximate surface area is 183 Å². The zero-order valence-electron chi connectivity index (χ0n) is 18.0. The smallest absolute Gasteiger partial charge is 0.290 e. The van der Waals surface area contributed by atoms with Crippen molar-refractivity contribution in [3.8, 4) is 0 Å². The van der Waals surface area contributed by atoms with Crippen LogP contribution in [0, 0.1) is 0 Å². The number of nitrogens with one attached hydrogen (secondary N) is 1. The molecule has 2 aliphatic carbocycles. The summed E-state index contributed by atoms with van der Waals surface area (Å²) in [5, 5.41) is 3.20. The van der Waals surface area contributed by atoms with Crippen LogP contribution in [0.15, 0.2) is 59.0 Å². The van der Waals surface area contributed by atoms with E-state index in [2.05, 4.69) is 16.4 Å². The normalized spacial score (nSPS) is 17.7. The maximum atomic E-state index is 13.5. The fourth-order valence-electron chi connectivity index (χ4n) is 4.65. The van der Waals surface area contributed by atoms with Gasteiger partial charge in [0.2, 0.25) is 5.91 Å². The predicted octanol–water partition coefficient (Wildman–Crippen LogP) is 4.81. The summed E-state index contributed by atoms with van der Waals surface area (Å²) < 4.78 is 5.42. The molecule has 0 spiro atoms. The third kappa shape index (κ3) is 5.43. The van der Waals surface area contributed by atoms with E-state index in [9.17, 15) is 9.59 Å². The van der Waals surface area contributed by atoms with Gasteiger partial charge < -0.3 is 14.6 Å². The highest BCUT2D eigenvalue weighted by atomic mass is 16.3. The van der Waals surface area contributed by atoms with Crippen molar-refractivity contribution >= 4 is 11.8 Å². The molecule has 0 aromatic carbocycles. The second-order valence-electron chi connectivity index (χ2n) is 8.51. The molecule has 1 fully saturated rings. The van der Waals surface area contributed by atoms with E-state index in [-0.39, 0.29) is 23.6 Å². The summed E-state index contributed by atoms with van der Waals surface area (Å²) in [6.45, 7) is 0.469. The molecule has 31 heavy (non-hydrogen) atoms. The number of amides is 2. The summed E-state index contributed by atoms with van der Waals surface area (Å²) in [5.41, 5.74) is 2.14.